The van der Waals surface area contributed by atoms with E-state index in [1.807, 2.05) is 0 Å². The van der Waals surface area contributed by atoms with Crippen LogP contribution in [0.3, 0.4) is 0 Å². The van der Waals surface area contributed by atoms with Gasteiger partial charge in [-0.2, -0.15) is 0 Å². The van der Waals surface area contributed by atoms with Crippen molar-refractivity contribution in [1.29, 1.82) is 0 Å². The van der Waals surface area contributed by atoms with Gasteiger partial charge in [-0.05, 0) is 25.1 Å². The van der Waals surface area contributed by atoms with E-state index in [0.29, 0.717) is 16.3 Å². The number of rotatable bonds is 2. The smallest absolute Gasteiger partial charge is 0.178 e. The Morgan fingerprint density at radius 2 is 2.16 bits per heavy atom. The van der Waals surface area contributed by atoms with Crippen LogP contribution in [0.5, 0.6) is 5.75 Å². The van der Waals surface area contributed by atoms with Gasteiger partial charge >= 0.3 is 0 Å². The van der Waals surface area contributed by atoms with E-state index in [2.05, 4.69) is 9.55 Å². The molecular weight excluding hydrogens is 267 g/mol. The average Bonchev–Trinajstić information content (AvgIpc) is 2.73. The van der Waals surface area contributed by atoms with E-state index in [-0.39, 0.29) is 11.6 Å². The lowest BCUT2D eigenvalue weighted by Crippen LogP contribution is -2.19. The zero-order chi connectivity index (χ0) is 13.4. The van der Waals surface area contributed by atoms with Crippen molar-refractivity contribution in [3.8, 4) is 5.75 Å². The summed E-state index contributed by atoms with van der Waals surface area (Å²) in [6.45, 7) is 1.47. The Morgan fingerprint density at radius 1 is 1.42 bits per heavy atom. The van der Waals surface area contributed by atoms with Gasteiger partial charge in [-0.1, -0.05) is 0 Å². The number of nitrogens with one attached hydrogen (secondary N) is 1. The molecule has 0 amide bonds. The van der Waals surface area contributed by atoms with Gasteiger partial charge in [0.05, 0.1) is 18.1 Å². The summed E-state index contributed by atoms with van der Waals surface area (Å²) in [5.41, 5.74) is 1.59. The Kier molecular flexibility index (Phi) is 3.28. The number of aromatic amines is 1. The topological polar surface area (TPSA) is 39.2 Å². The van der Waals surface area contributed by atoms with Crippen LogP contribution in [0.1, 0.15) is 18.9 Å². The molecule has 1 fully saturated rings. The third-order valence-corrected chi connectivity index (χ3v) is 3.84. The second-order valence-corrected chi connectivity index (χ2v) is 5.03. The molecule has 1 aliphatic rings. The van der Waals surface area contributed by atoms with Crippen LogP contribution in [-0.2, 0) is 4.74 Å². The predicted octanol–water partition coefficient (Wildman–Crippen LogP) is 3.20. The van der Waals surface area contributed by atoms with Gasteiger partial charge < -0.3 is 19.0 Å². The Balaban J connectivity index is 2.17. The lowest BCUT2D eigenvalue weighted by atomic mass is 10.1. The van der Waals surface area contributed by atoms with Crippen LogP contribution < -0.4 is 4.74 Å². The van der Waals surface area contributed by atoms with E-state index >= 15 is 0 Å². The second kappa shape index (κ2) is 4.94. The molecule has 2 heterocycles. The highest BCUT2D eigenvalue weighted by Crippen LogP contribution is 2.30. The zero-order valence-corrected chi connectivity index (χ0v) is 11.4. The van der Waals surface area contributed by atoms with Crippen molar-refractivity contribution in [2.45, 2.75) is 18.9 Å². The first-order chi connectivity index (χ1) is 9.20. The summed E-state index contributed by atoms with van der Waals surface area (Å²) in [5, 5.41) is 0. The molecule has 1 aromatic heterocycles. The standard InChI is InChI=1S/C13H15FN2O2S/c1-17-12-7-11-10(6-9(12)14)15-13(19)16(11)8-2-4-18-5-3-8/h6-8H,2-5H2,1H3,(H,15,19). The minimum atomic E-state index is -0.384. The van der Waals surface area contributed by atoms with Gasteiger partial charge in [0.15, 0.2) is 16.3 Å². The molecule has 1 saturated heterocycles. The van der Waals surface area contributed by atoms with Gasteiger partial charge in [0, 0.05) is 31.4 Å². The molecule has 0 unspecified atom stereocenters. The maximum absolute atomic E-state index is 13.7. The zero-order valence-electron chi connectivity index (χ0n) is 10.6. The van der Waals surface area contributed by atoms with Crippen LogP contribution in [0.4, 0.5) is 4.39 Å². The van der Waals surface area contributed by atoms with Crippen molar-refractivity contribution in [3.63, 3.8) is 0 Å². The Bertz CT molecular complexity index is 658. The van der Waals surface area contributed by atoms with E-state index in [1.165, 1.54) is 13.2 Å². The number of hydrogen-bond donors (Lipinski definition) is 1. The van der Waals surface area contributed by atoms with Crippen molar-refractivity contribution in [2.24, 2.45) is 0 Å². The average molecular weight is 282 g/mol. The molecule has 3 rings (SSSR count). The molecular formula is C13H15FN2O2S. The number of halogens is 1. The van der Waals surface area contributed by atoms with Crippen molar-refractivity contribution in [3.05, 3.63) is 22.7 Å². The van der Waals surface area contributed by atoms with Crippen molar-refractivity contribution >= 4 is 23.3 Å². The molecule has 4 nitrogen and oxygen atoms in total. The molecule has 1 aliphatic heterocycles. The maximum atomic E-state index is 13.7. The summed E-state index contributed by atoms with van der Waals surface area (Å²) in [7, 11) is 1.46. The number of aromatic nitrogens is 2. The Labute approximate surface area is 115 Å². The summed E-state index contributed by atoms with van der Waals surface area (Å²) in [6, 6.07) is 3.43. The minimum Gasteiger partial charge on any atom is -0.494 e. The molecule has 1 N–H and O–H groups in total. The first kappa shape index (κ1) is 12.6. The number of H-pyrrole nitrogens is 1. The van der Waals surface area contributed by atoms with Crippen molar-refractivity contribution in [1.82, 2.24) is 9.55 Å². The molecule has 0 bridgehead atoms. The molecule has 19 heavy (non-hydrogen) atoms. The summed E-state index contributed by atoms with van der Waals surface area (Å²) in [5.74, 6) is -0.146. The van der Waals surface area contributed by atoms with Crippen LogP contribution in [0.2, 0.25) is 0 Å². The number of imidazole rings is 1. The first-order valence-electron chi connectivity index (χ1n) is 6.26. The van der Waals surface area contributed by atoms with Gasteiger partial charge in [-0.15, -0.1) is 0 Å². The number of fused-ring (bicyclic) bond motifs is 1. The number of methoxy groups -OCH3 is 1. The number of nitrogens with zero attached hydrogens (tertiary/aromatic N) is 1. The van der Waals surface area contributed by atoms with Crippen LogP contribution >= 0.6 is 12.2 Å². The van der Waals surface area contributed by atoms with E-state index < -0.39 is 0 Å². The second-order valence-electron chi connectivity index (χ2n) is 4.65. The highest BCUT2D eigenvalue weighted by Gasteiger charge is 2.20. The number of hydrogen-bond acceptors (Lipinski definition) is 3. The van der Waals surface area contributed by atoms with Crippen LogP contribution in [0, 0.1) is 10.6 Å². The molecule has 1 aromatic carbocycles. The molecule has 0 radical (unpaired) electrons. The molecule has 0 saturated carbocycles. The molecule has 0 aliphatic carbocycles. The van der Waals surface area contributed by atoms with Crippen molar-refractivity contribution < 1.29 is 13.9 Å². The Morgan fingerprint density at radius 3 is 2.84 bits per heavy atom. The number of ether oxygens (including phenoxy) is 2. The van der Waals surface area contributed by atoms with Crippen LogP contribution in [-0.4, -0.2) is 29.9 Å². The number of benzene rings is 1. The molecule has 2 aromatic rings. The fourth-order valence-corrected chi connectivity index (χ4v) is 2.95. The molecule has 0 atom stereocenters. The first-order valence-corrected chi connectivity index (χ1v) is 6.67. The van der Waals surface area contributed by atoms with Gasteiger partial charge in [-0.25, -0.2) is 4.39 Å². The summed E-state index contributed by atoms with van der Waals surface area (Å²) in [4.78, 5) is 3.06. The fourth-order valence-electron chi connectivity index (χ4n) is 2.59. The van der Waals surface area contributed by atoms with Crippen LogP contribution in [0.15, 0.2) is 12.1 Å². The quantitative estimate of drug-likeness (QED) is 0.860. The molecule has 0 spiro atoms. The largest absolute Gasteiger partial charge is 0.494 e. The van der Waals surface area contributed by atoms with Gasteiger partial charge in [0.2, 0.25) is 0 Å². The van der Waals surface area contributed by atoms with E-state index in [4.69, 9.17) is 21.7 Å². The minimum absolute atomic E-state index is 0.238. The lowest BCUT2D eigenvalue weighted by molar-refractivity contribution is 0.0702. The predicted molar refractivity (Wildman–Crippen MR) is 72.7 cm³/mol. The maximum Gasteiger partial charge on any atom is 0.178 e. The van der Waals surface area contributed by atoms with Gasteiger partial charge in [0.1, 0.15) is 0 Å². The molecule has 102 valence electrons. The van der Waals surface area contributed by atoms with Gasteiger partial charge in [0.25, 0.3) is 0 Å². The normalized spacial score (nSPS) is 16.9. The third kappa shape index (κ3) is 2.15. The third-order valence-electron chi connectivity index (χ3n) is 3.55. The summed E-state index contributed by atoms with van der Waals surface area (Å²) in [6.07, 6.45) is 1.84. The van der Waals surface area contributed by atoms with E-state index in [0.717, 1.165) is 31.6 Å². The fraction of sp³-hybridized carbons (Fsp3) is 0.462. The summed E-state index contributed by atoms with van der Waals surface area (Å²) < 4.78 is 26.8. The van der Waals surface area contributed by atoms with Crippen LogP contribution in [0.25, 0.3) is 11.0 Å². The monoisotopic (exact) mass is 282 g/mol. The SMILES string of the molecule is COc1cc2c(cc1F)[nH]c(=S)n2C1CCOCC1. The highest BCUT2D eigenvalue weighted by atomic mass is 32.1. The highest BCUT2D eigenvalue weighted by molar-refractivity contribution is 7.71. The van der Waals surface area contributed by atoms with E-state index in [1.54, 1.807) is 6.07 Å². The van der Waals surface area contributed by atoms with E-state index in [9.17, 15) is 4.39 Å². The summed E-state index contributed by atoms with van der Waals surface area (Å²) >= 11 is 5.36. The molecule has 6 heteroatoms. The lowest BCUT2D eigenvalue weighted by Gasteiger charge is -2.24. The van der Waals surface area contributed by atoms with Crippen molar-refractivity contribution in [2.75, 3.05) is 20.3 Å². The Hall–Kier alpha value is -1.40. The van der Waals surface area contributed by atoms with Gasteiger partial charge in [-0.3, -0.25) is 0 Å².